The van der Waals surface area contributed by atoms with Crippen LogP contribution in [0.25, 0.3) is 0 Å². The van der Waals surface area contributed by atoms with Crippen LogP contribution in [0, 0.1) is 5.41 Å². The quantitative estimate of drug-likeness (QED) is 0.589. The number of benzene rings is 2. The van der Waals surface area contributed by atoms with Crippen molar-refractivity contribution in [3.05, 3.63) is 54.1 Å². The second kappa shape index (κ2) is 8.01. The van der Waals surface area contributed by atoms with Crippen molar-refractivity contribution in [2.75, 3.05) is 23.3 Å². The van der Waals surface area contributed by atoms with Gasteiger partial charge < -0.3 is 10.2 Å². The molecule has 1 fully saturated rings. The van der Waals surface area contributed by atoms with Crippen LogP contribution in [0.2, 0.25) is 0 Å². The fraction of sp³-hybridized carbons (Fsp3) is 0.409. The number of amides is 1. The molecule has 1 saturated heterocycles. The summed E-state index contributed by atoms with van der Waals surface area (Å²) in [6.45, 7) is 7.85. The van der Waals surface area contributed by atoms with E-state index in [1.165, 1.54) is 18.5 Å². The Kier molecular flexibility index (Phi) is 5.71. The smallest absolute Gasteiger partial charge is 0.251 e. The van der Waals surface area contributed by atoms with E-state index in [2.05, 4.69) is 34.5 Å². The third-order valence-electron chi connectivity index (χ3n) is 4.79. The lowest BCUT2D eigenvalue weighted by Crippen LogP contribution is -2.36. The summed E-state index contributed by atoms with van der Waals surface area (Å²) in [5.41, 5.74) is 3.57. The third kappa shape index (κ3) is 5.01. The van der Waals surface area contributed by atoms with Gasteiger partial charge in [-0.2, -0.15) is 0 Å². The predicted molar refractivity (Wildman–Crippen MR) is 109 cm³/mol. The molecule has 2 aromatic rings. The van der Waals surface area contributed by atoms with Crippen LogP contribution in [-0.4, -0.2) is 29.3 Å². The Balaban J connectivity index is 1.58. The maximum absolute atomic E-state index is 12.1. The van der Waals surface area contributed by atoms with Crippen molar-refractivity contribution in [1.82, 2.24) is 5.06 Å². The van der Waals surface area contributed by atoms with Crippen LogP contribution in [0.1, 0.15) is 39.2 Å². The zero-order valence-corrected chi connectivity index (χ0v) is 16.4. The zero-order valence-electron chi connectivity index (χ0n) is 16.4. The number of hydrogen-bond donors (Lipinski definition) is 2. The molecule has 2 aromatic carbocycles. The highest BCUT2D eigenvalue weighted by Gasteiger charge is 2.26. The lowest BCUT2D eigenvalue weighted by Gasteiger charge is -2.24. The van der Waals surface area contributed by atoms with Gasteiger partial charge in [-0.05, 0) is 54.8 Å². The van der Waals surface area contributed by atoms with Crippen LogP contribution in [-0.2, 0) is 11.3 Å². The van der Waals surface area contributed by atoms with Gasteiger partial charge in [-0.1, -0.05) is 32.9 Å². The lowest BCUT2D eigenvalue weighted by molar-refractivity contribution is -0.177. The Morgan fingerprint density at radius 1 is 1.00 bits per heavy atom. The molecule has 1 aliphatic heterocycles. The maximum Gasteiger partial charge on any atom is 0.251 e. The van der Waals surface area contributed by atoms with Crippen LogP contribution in [0.5, 0.6) is 0 Å². The summed E-state index contributed by atoms with van der Waals surface area (Å²) >= 11 is 0. The molecule has 0 aromatic heterocycles. The van der Waals surface area contributed by atoms with Gasteiger partial charge in [0.1, 0.15) is 0 Å². The number of hydrogen-bond acceptors (Lipinski definition) is 4. The molecule has 0 radical (unpaired) electrons. The third-order valence-corrected chi connectivity index (χ3v) is 4.79. The number of carbonyl (C=O) groups is 1. The van der Waals surface area contributed by atoms with Gasteiger partial charge in [0.2, 0.25) is 0 Å². The van der Waals surface area contributed by atoms with E-state index in [-0.39, 0.29) is 12.5 Å². The molecule has 0 unspecified atom stereocenters. The van der Waals surface area contributed by atoms with Gasteiger partial charge in [-0.15, -0.1) is 0 Å². The summed E-state index contributed by atoms with van der Waals surface area (Å²) in [6, 6.07) is 16.3. The molecule has 0 spiro atoms. The van der Waals surface area contributed by atoms with Crippen LogP contribution < -0.4 is 10.2 Å². The number of nitrogens with one attached hydrogen (secondary N) is 1. The Morgan fingerprint density at radius 3 is 2.04 bits per heavy atom. The van der Waals surface area contributed by atoms with Crippen molar-refractivity contribution in [3.8, 4) is 0 Å². The highest BCUT2D eigenvalue weighted by Crippen LogP contribution is 2.24. The van der Waals surface area contributed by atoms with E-state index < -0.39 is 5.41 Å². The number of nitrogens with zero attached hydrogens (tertiary/aromatic N) is 2. The topological polar surface area (TPSA) is 55.8 Å². The Labute approximate surface area is 161 Å². The average molecular weight is 367 g/mol. The number of anilines is 3. The first-order valence-corrected chi connectivity index (χ1v) is 9.55. The largest absolute Gasteiger partial charge is 0.372 e. The van der Waals surface area contributed by atoms with E-state index in [4.69, 9.17) is 0 Å². The Hall–Kier alpha value is -2.53. The summed E-state index contributed by atoms with van der Waals surface area (Å²) in [4.78, 5) is 14.5. The molecule has 1 amide bonds. The van der Waals surface area contributed by atoms with E-state index >= 15 is 0 Å². The minimum atomic E-state index is -0.600. The maximum atomic E-state index is 12.1. The number of hydroxylamine groups is 2. The van der Waals surface area contributed by atoms with Crippen molar-refractivity contribution >= 4 is 23.0 Å². The SMILES string of the molecule is CC(C)(C)C(=O)N(O)Cc1ccc(Nc2ccc(N3CCCC3)cc2)cc1. The van der Waals surface area contributed by atoms with Crippen LogP contribution in [0.3, 0.4) is 0 Å². The van der Waals surface area contributed by atoms with E-state index in [1.807, 2.05) is 24.3 Å². The van der Waals surface area contributed by atoms with Crippen LogP contribution in [0.4, 0.5) is 17.1 Å². The molecule has 0 atom stereocenters. The molecule has 3 rings (SSSR count). The average Bonchev–Trinajstić information content (AvgIpc) is 3.17. The standard InChI is InChI=1S/C22H29N3O2/c1-22(2,3)21(26)25(27)16-17-6-8-18(9-7-17)23-19-10-12-20(13-11-19)24-14-4-5-15-24/h6-13,23,27H,4-5,14-16H2,1-3H3. The van der Waals surface area contributed by atoms with Gasteiger partial charge in [0.25, 0.3) is 5.91 Å². The molecule has 5 nitrogen and oxygen atoms in total. The summed E-state index contributed by atoms with van der Waals surface area (Å²) in [6.07, 6.45) is 2.55. The first-order valence-electron chi connectivity index (χ1n) is 9.55. The molecular formula is C22H29N3O2. The van der Waals surface area contributed by atoms with Gasteiger partial charge in [-0.25, -0.2) is 5.06 Å². The molecule has 5 heteroatoms. The highest BCUT2D eigenvalue weighted by molar-refractivity contribution is 5.80. The first kappa shape index (κ1) is 19.2. The monoisotopic (exact) mass is 367 g/mol. The van der Waals surface area contributed by atoms with E-state index in [1.54, 1.807) is 20.8 Å². The van der Waals surface area contributed by atoms with Crippen LogP contribution in [0.15, 0.2) is 48.5 Å². The second-order valence-electron chi connectivity index (χ2n) is 8.18. The fourth-order valence-electron chi connectivity index (χ4n) is 3.22. The first-order chi connectivity index (χ1) is 12.8. The van der Waals surface area contributed by atoms with Gasteiger partial charge in [0.15, 0.2) is 0 Å². The van der Waals surface area contributed by atoms with Gasteiger partial charge in [0, 0.05) is 35.6 Å². The molecule has 0 bridgehead atoms. The summed E-state index contributed by atoms with van der Waals surface area (Å²) in [5.74, 6) is -0.289. The molecule has 1 heterocycles. The molecular weight excluding hydrogens is 338 g/mol. The van der Waals surface area contributed by atoms with Crippen molar-refractivity contribution in [2.24, 2.45) is 5.41 Å². The summed E-state index contributed by atoms with van der Waals surface area (Å²) in [7, 11) is 0. The summed E-state index contributed by atoms with van der Waals surface area (Å²) < 4.78 is 0. The van der Waals surface area contributed by atoms with Gasteiger partial charge in [0.05, 0.1) is 6.54 Å². The van der Waals surface area contributed by atoms with Gasteiger partial charge >= 0.3 is 0 Å². The second-order valence-corrected chi connectivity index (χ2v) is 8.18. The minimum absolute atomic E-state index is 0.181. The molecule has 0 saturated carbocycles. The van der Waals surface area contributed by atoms with Crippen molar-refractivity contribution in [2.45, 2.75) is 40.2 Å². The van der Waals surface area contributed by atoms with Crippen LogP contribution >= 0.6 is 0 Å². The van der Waals surface area contributed by atoms with Gasteiger partial charge in [-0.3, -0.25) is 10.0 Å². The highest BCUT2D eigenvalue weighted by atomic mass is 16.5. The molecule has 0 aliphatic carbocycles. The molecule has 1 aliphatic rings. The normalized spacial score (nSPS) is 14.3. The minimum Gasteiger partial charge on any atom is -0.372 e. The Bertz CT molecular complexity index is 758. The number of carbonyl (C=O) groups excluding carboxylic acids is 1. The molecule has 144 valence electrons. The van der Waals surface area contributed by atoms with Crippen molar-refractivity contribution in [3.63, 3.8) is 0 Å². The van der Waals surface area contributed by atoms with E-state index in [0.717, 1.165) is 35.1 Å². The van der Waals surface area contributed by atoms with Crippen molar-refractivity contribution in [1.29, 1.82) is 0 Å². The lowest BCUT2D eigenvalue weighted by atomic mass is 9.95. The van der Waals surface area contributed by atoms with E-state index in [0.29, 0.717) is 0 Å². The van der Waals surface area contributed by atoms with Crippen molar-refractivity contribution < 1.29 is 10.0 Å². The Morgan fingerprint density at radius 2 is 1.52 bits per heavy atom. The zero-order chi connectivity index (χ0) is 19.4. The summed E-state index contributed by atoms with van der Waals surface area (Å²) in [5, 5.41) is 14.2. The predicted octanol–water partition coefficient (Wildman–Crippen LogP) is 4.79. The fourth-order valence-corrected chi connectivity index (χ4v) is 3.22. The molecule has 2 N–H and O–H groups in total. The number of rotatable bonds is 5. The van der Waals surface area contributed by atoms with E-state index in [9.17, 15) is 10.0 Å². The molecule has 27 heavy (non-hydrogen) atoms.